The van der Waals surface area contributed by atoms with Gasteiger partial charge in [0.1, 0.15) is 0 Å². The number of benzene rings is 2. The molecule has 0 unspecified atom stereocenters. The van der Waals surface area contributed by atoms with Crippen molar-refractivity contribution in [1.29, 1.82) is 0 Å². The van der Waals surface area contributed by atoms with Gasteiger partial charge in [0.25, 0.3) is 0 Å². The Labute approximate surface area is 157 Å². The number of carbonyl (C=O) groups is 2. The lowest BCUT2D eigenvalue weighted by atomic mass is 10.0. The number of para-hydroxylation sites is 1. The number of rotatable bonds is 7. The molecule has 6 heteroatoms. The predicted molar refractivity (Wildman–Crippen MR) is 107 cm³/mol. The molecule has 0 spiro atoms. The van der Waals surface area contributed by atoms with Crippen molar-refractivity contribution in [2.24, 2.45) is 0 Å². The second kappa shape index (κ2) is 9.49. The first-order valence-corrected chi connectivity index (χ1v) is 9.51. The van der Waals surface area contributed by atoms with E-state index in [1.165, 1.54) is 11.8 Å². The lowest BCUT2D eigenvalue weighted by Gasteiger charge is -2.13. The molecule has 0 aromatic heterocycles. The first-order chi connectivity index (χ1) is 12.0. The average Bonchev–Trinajstić information content (AvgIpc) is 2.57. The van der Waals surface area contributed by atoms with Crippen molar-refractivity contribution in [2.45, 2.75) is 19.8 Å². The predicted octanol–water partition coefficient (Wildman–Crippen LogP) is 4.77. The van der Waals surface area contributed by atoms with E-state index in [9.17, 15) is 9.59 Å². The molecule has 0 aliphatic rings. The van der Waals surface area contributed by atoms with Gasteiger partial charge in [-0.2, -0.15) is 0 Å². The standard InChI is InChI=1S/C19H21ClN2O2S/c1-13(2)16-5-3-4-6-17(16)22-19(24)12-25-11-18(23)21-15-9-7-14(20)8-10-15/h3-10,13H,11-12H2,1-2H3,(H,21,23)(H,22,24). The summed E-state index contributed by atoms with van der Waals surface area (Å²) in [4.78, 5) is 24.0. The molecule has 25 heavy (non-hydrogen) atoms. The summed E-state index contributed by atoms with van der Waals surface area (Å²) in [5.41, 5.74) is 2.61. The molecule has 0 aliphatic carbocycles. The highest BCUT2D eigenvalue weighted by Crippen LogP contribution is 2.23. The Balaban J connectivity index is 1.77. The van der Waals surface area contributed by atoms with E-state index in [2.05, 4.69) is 24.5 Å². The molecule has 2 rings (SSSR count). The summed E-state index contributed by atoms with van der Waals surface area (Å²) in [5.74, 6) is 0.497. The number of nitrogens with one attached hydrogen (secondary N) is 2. The Morgan fingerprint density at radius 1 is 0.960 bits per heavy atom. The van der Waals surface area contributed by atoms with Crippen molar-refractivity contribution < 1.29 is 9.59 Å². The van der Waals surface area contributed by atoms with Crippen LogP contribution in [0.2, 0.25) is 5.02 Å². The lowest BCUT2D eigenvalue weighted by Crippen LogP contribution is -2.19. The summed E-state index contributed by atoms with van der Waals surface area (Å²) in [6.45, 7) is 4.17. The minimum atomic E-state index is -0.150. The fourth-order valence-electron chi connectivity index (χ4n) is 2.27. The van der Waals surface area contributed by atoms with Crippen LogP contribution in [0, 0.1) is 0 Å². The Bertz CT molecular complexity index is 732. The molecule has 0 heterocycles. The van der Waals surface area contributed by atoms with E-state index in [1.807, 2.05) is 24.3 Å². The van der Waals surface area contributed by atoms with E-state index in [0.717, 1.165) is 11.3 Å². The van der Waals surface area contributed by atoms with Gasteiger partial charge >= 0.3 is 0 Å². The molecular formula is C19H21ClN2O2S. The number of anilines is 2. The highest BCUT2D eigenvalue weighted by molar-refractivity contribution is 8.00. The van der Waals surface area contributed by atoms with Gasteiger partial charge in [0.15, 0.2) is 0 Å². The van der Waals surface area contributed by atoms with E-state index < -0.39 is 0 Å². The van der Waals surface area contributed by atoms with Crippen LogP contribution in [0.3, 0.4) is 0 Å². The summed E-state index contributed by atoms with van der Waals surface area (Å²) in [6.07, 6.45) is 0. The topological polar surface area (TPSA) is 58.2 Å². The van der Waals surface area contributed by atoms with E-state index in [4.69, 9.17) is 11.6 Å². The maximum atomic E-state index is 12.1. The molecule has 132 valence electrons. The zero-order valence-corrected chi connectivity index (χ0v) is 15.8. The van der Waals surface area contributed by atoms with Crippen LogP contribution >= 0.6 is 23.4 Å². The van der Waals surface area contributed by atoms with E-state index >= 15 is 0 Å². The fraction of sp³-hybridized carbons (Fsp3) is 0.263. The van der Waals surface area contributed by atoms with Crippen LogP contribution in [0.4, 0.5) is 11.4 Å². The summed E-state index contributed by atoms with van der Waals surface area (Å²) < 4.78 is 0. The van der Waals surface area contributed by atoms with Crippen molar-refractivity contribution in [2.75, 3.05) is 22.1 Å². The van der Waals surface area contributed by atoms with Crippen LogP contribution in [0.25, 0.3) is 0 Å². The largest absolute Gasteiger partial charge is 0.325 e. The molecule has 0 atom stereocenters. The minimum Gasteiger partial charge on any atom is -0.325 e. The van der Waals surface area contributed by atoms with E-state index in [-0.39, 0.29) is 23.3 Å². The van der Waals surface area contributed by atoms with Crippen LogP contribution < -0.4 is 10.6 Å². The third-order valence-corrected chi connectivity index (χ3v) is 4.64. The van der Waals surface area contributed by atoms with Gasteiger partial charge in [-0.05, 0) is 41.8 Å². The molecule has 0 radical (unpaired) electrons. The van der Waals surface area contributed by atoms with Crippen molar-refractivity contribution in [3.05, 3.63) is 59.1 Å². The summed E-state index contributed by atoms with van der Waals surface area (Å²) in [6, 6.07) is 14.7. The molecule has 2 N–H and O–H groups in total. The molecule has 0 bridgehead atoms. The Kier molecular flexibility index (Phi) is 7.34. The number of hydrogen-bond donors (Lipinski definition) is 2. The Morgan fingerprint density at radius 3 is 2.20 bits per heavy atom. The van der Waals surface area contributed by atoms with Gasteiger partial charge in [0, 0.05) is 16.4 Å². The van der Waals surface area contributed by atoms with Crippen LogP contribution in [-0.2, 0) is 9.59 Å². The highest BCUT2D eigenvalue weighted by atomic mass is 35.5. The zero-order valence-electron chi connectivity index (χ0n) is 14.2. The van der Waals surface area contributed by atoms with Gasteiger partial charge < -0.3 is 10.6 Å². The quantitative estimate of drug-likeness (QED) is 0.731. The average molecular weight is 377 g/mol. The molecule has 0 saturated heterocycles. The maximum Gasteiger partial charge on any atom is 0.234 e. The molecular weight excluding hydrogens is 356 g/mol. The summed E-state index contributed by atoms with van der Waals surface area (Å²) >= 11 is 7.08. The van der Waals surface area contributed by atoms with Crippen molar-refractivity contribution >= 4 is 46.6 Å². The first-order valence-electron chi connectivity index (χ1n) is 7.97. The maximum absolute atomic E-state index is 12.1. The zero-order chi connectivity index (χ0) is 18.2. The monoisotopic (exact) mass is 376 g/mol. The van der Waals surface area contributed by atoms with Gasteiger partial charge in [0.05, 0.1) is 11.5 Å². The fourth-order valence-corrected chi connectivity index (χ4v) is 3.01. The lowest BCUT2D eigenvalue weighted by molar-refractivity contribution is -0.114. The number of amides is 2. The van der Waals surface area contributed by atoms with Crippen LogP contribution in [0.5, 0.6) is 0 Å². The molecule has 2 amide bonds. The summed E-state index contributed by atoms with van der Waals surface area (Å²) in [5, 5.41) is 6.30. The molecule has 0 aliphatic heterocycles. The van der Waals surface area contributed by atoms with Crippen LogP contribution in [0.1, 0.15) is 25.3 Å². The van der Waals surface area contributed by atoms with E-state index in [0.29, 0.717) is 16.6 Å². The number of hydrogen-bond acceptors (Lipinski definition) is 3. The van der Waals surface area contributed by atoms with Gasteiger partial charge in [-0.25, -0.2) is 0 Å². The van der Waals surface area contributed by atoms with Crippen molar-refractivity contribution in [1.82, 2.24) is 0 Å². The highest BCUT2D eigenvalue weighted by Gasteiger charge is 2.10. The second-order valence-electron chi connectivity index (χ2n) is 5.84. The normalized spacial score (nSPS) is 10.6. The number of carbonyl (C=O) groups excluding carboxylic acids is 2. The van der Waals surface area contributed by atoms with Gasteiger partial charge in [-0.3, -0.25) is 9.59 Å². The van der Waals surface area contributed by atoms with Gasteiger partial charge in [0.2, 0.25) is 11.8 Å². The third-order valence-electron chi connectivity index (χ3n) is 3.45. The smallest absolute Gasteiger partial charge is 0.234 e. The molecule has 2 aromatic carbocycles. The van der Waals surface area contributed by atoms with E-state index in [1.54, 1.807) is 24.3 Å². The van der Waals surface area contributed by atoms with Crippen molar-refractivity contribution in [3.63, 3.8) is 0 Å². The van der Waals surface area contributed by atoms with Gasteiger partial charge in [-0.15, -0.1) is 11.8 Å². The Hall–Kier alpha value is -1.98. The second-order valence-corrected chi connectivity index (χ2v) is 7.26. The molecule has 2 aromatic rings. The first kappa shape index (κ1) is 19.3. The number of halogens is 1. The minimum absolute atomic E-state index is 0.114. The molecule has 0 fully saturated rings. The van der Waals surface area contributed by atoms with Crippen LogP contribution in [0.15, 0.2) is 48.5 Å². The molecule has 0 saturated carbocycles. The van der Waals surface area contributed by atoms with Gasteiger partial charge in [-0.1, -0.05) is 43.6 Å². The third kappa shape index (κ3) is 6.44. The van der Waals surface area contributed by atoms with Crippen molar-refractivity contribution in [3.8, 4) is 0 Å². The number of thioether (sulfide) groups is 1. The van der Waals surface area contributed by atoms with Crippen LogP contribution in [-0.4, -0.2) is 23.3 Å². The summed E-state index contributed by atoms with van der Waals surface area (Å²) in [7, 11) is 0. The Morgan fingerprint density at radius 2 is 1.56 bits per heavy atom. The SMILES string of the molecule is CC(C)c1ccccc1NC(=O)CSCC(=O)Nc1ccc(Cl)cc1. The molecule has 4 nitrogen and oxygen atoms in total.